The molecule has 0 aromatic carbocycles. The van der Waals surface area contributed by atoms with E-state index < -0.39 is 12.2 Å². The van der Waals surface area contributed by atoms with Crippen molar-refractivity contribution in [2.45, 2.75) is 25.0 Å². The van der Waals surface area contributed by atoms with Gasteiger partial charge in [0.1, 0.15) is 12.4 Å². The molecule has 0 saturated heterocycles. The first-order valence-electron chi connectivity index (χ1n) is 3.94. The maximum Gasteiger partial charge on any atom is 0.115 e. The molecule has 0 unspecified atom stereocenters. The number of aliphatic hydroxyl groups is 2. The minimum atomic E-state index is -0.810. The monoisotopic (exact) mass is 166 g/mol. The predicted octanol–water partition coefficient (Wildman–Crippen LogP) is -0.183. The summed E-state index contributed by atoms with van der Waals surface area (Å²) in [6, 6.07) is 0. The van der Waals surface area contributed by atoms with E-state index in [-0.39, 0.29) is 0 Å². The lowest BCUT2D eigenvalue weighted by atomic mass is 9.92. The molecule has 1 aliphatic carbocycles. The molecule has 1 aliphatic rings. The number of aliphatic hydroxyl groups excluding tert-OH is 2. The maximum atomic E-state index is 9.50. The van der Waals surface area contributed by atoms with Crippen LogP contribution in [0.4, 0.5) is 0 Å². The highest BCUT2D eigenvalue weighted by Gasteiger charge is 2.26. The van der Waals surface area contributed by atoms with Crippen LogP contribution in [0.25, 0.3) is 0 Å². The minimum Gasteiger partial charge on any atom is -0.390 e. The Labute approximate surface area is 69.9 Å². The highest BCUT2D eigenvalue weighted by Crippen LogP contribution is 2.27. The van der Waals surface area contributed by atoms with Crippen LogP contribution in [-0.4, -0.2) is 26.3 Å². The number of hydrogen-bond donors (Lipinski definition) is 2. The highest BCUT2D eigenvalue weighted by atomic mass is 16.3. The third-order valence-corrected chi connectivity index (χ3v) is 2.19. The van der Waals surface area contributed by atoms with Crippen LogP contribution in [0.2, 0.25) is 0 Å². The number of aromatic nitrogens is 2. The SMILES string of the molecule is O[C@@H]1c2cncnc2CC[C@@H]1O. The molecule has 4 heteroatoms. The first-order chi connectivity index (χ1) is 5.79. The average molecular weight is 166 g/mol. The van der Waals surface area contributed by atoms with E-state index in [1.807, 2.05) is 0 Å². The molecule has 12 heavy (non-hydrogen) atoms. The van der Waals surface area contributed by atoms with Crippen LogP contribution in [0.3, 0.4) is 0 Å². The van der Waals surface area contributed by atoms with E-state index in [0.717, 1.165) is 12.1 Å². The molecule has 2 N–H and O–H groups in total. The molecule has 0 saturated carbocycles. The van der Waals surface area contributed by atoms with E-state index in [2.05, 4.69) is 9.97 Å². The van der Waals surface area contributed by atoms with Gasteiger partial charge in [-0.25, -0.2) is 9.97 Å². The lowest BCUT2D eigenvalue weighted by Gasteiger charge is -2.24. The zero-order chi connectivity index (χ0) is 8.55. The molecule has 0 fully saturated rings. The molecular formula is C8H10N2O2. The second-order valence-electron chi connectivity index (χ2n) is 2.98. The van der Waals surface area contributed by atoms with Crippen molar-refractivity contribution < 1.29 is 10.2 Å². The molecule has 1 aromatic rings. The number of fused-ring (bicyclic) bond motifs is 1. The van der Waals surface area contributed by atoms with Crippen molar-refractivity contribution >= 4 is 0 Å². The highest BCUT2D eigenvalue weighted by molar-refractivity contribution is 5.22. The van der Waals surface area contributed by atoms with Gasteiger partial charge in [-0.1, -0.05) is 0 Å². The Morgan fingerprint density at radius 1 is 1.42 bits per heavy atom. The van der Waals surface area contributed by atoms with Gasteiger partial charge in [-0.15, -0.1) is 0 Å². The van der Waals surface area contributed by atoms with Gasteiger partial charge >= 0.3 is 0 Å². The van der Waals surface area contributed by atoms with E-state index in [9.17, 15) is 10.2 Å². The van der Waals surface area contributed by atoms with Crippen molar-refractivity contribution in [2.24, 2.45) is 0 Å². The molecule has 0 spiro atoms. The topological polar surface area (TPSA) is 66.2 Å². The normalized spacial score (nSPS) is 28.2. The molecule has 0 aliphatic heterocycles. The standard InChI is InChI=1S/C8H10N2O2/c11-7-2-1-6-5(8(7)12)3-9-4-10-6/h3-4,7-8,11-12H,1-2H2/t7-,8+/m0/s1. The molecule has 0 radical (unpaired) electrons. The zero-order valence-electron chi connectivity index (χ0n) is 6.51. The van der Waals surface area contributed by atoms with Crippen LogP contribution >= 0.6 is 0 Å². The van der Waals surface area contributed by atoms with E-state index in [1.165, 1.54) is 6.33 Å². The van der Waals surface area contributed by atoms with Crippen molar-refractivity contribution in [1.82, 2.24) is 9.97 Å². The Bertz CT molecular complexity index is 290. The smallest absolute Gasteiger partial charge is 0.115 e. The Morgan fingerprint density at radius 3 is 3.08 bits per heavy atom. The number of hydrogen-bond acceptors (Lipinski definition) is 4. The van der Waals surface area contributed by atoms with Gasteiger partial charge in [-0.05, 0) is 12.8 Å². The summed E-state index contributed by atoms with van der Waals surface area (Å²) in [4.78, 5) is 7.82. The fourth-order valence-electron chi connectivity index (χ4n) is 1.47. The number of rotatable bonds is 0. The van der Waals surface area contributed by atoms with Gasteiger partial charge in [0.15, 0.2) is 0 Å². The molecule has 0 bridgehead atoms. The van der Waals surface area contributed by atoms with Gasteiger partial charge in [-0.2, -0.15) is 0 Å². The summed E-state index contributed by atoms with van der Waals surface area (Å²) in [6.07, 6.45) is 2.85. The summed E-state index contributed by atoms with van der Waals surface area (Å²) in [6.45, 7) is 0. The molecule has 4 nitrogen and oxygen atoms in total. The van der Waals surface area contributed by atoms with Crippen molar-refractivity contribution in [1.29, 1.82) is 0 Å². The Kier molecular flexibility index (Phi) is 1.78. The second kappa shape index (κ2) is 2.80. The van der Waals surface area contributed by atoms with Crippen LogP contribution < -0.4 is 0 Å². The van der Waals surface area contributed by atoms with Gasteiger partial charge in [0.25, 0.3) is 0 Å². The summed E-state index contributed by atoms with van der Waals surface area (Å²) >= 11 is 0. The summed E-state index contributed by atoms with van der Waals surface area (Å²) in [5, 5.41) is 18.8. The summed E-state index contributed by atoms with van der Waals surface area (Å²) in [5.74, 6) is 0. The average Bonchev–Trinajstić information content (AvgIpc) is 2.12. The largest absolute Gasteiger partial charge is 0.390 e. The molecular weight excluding hydrogens is 156 g/mol. The van der Waals surface area contributed by atoms with Crippen molar-refractivity contribution in [3.05, 3.63) is 23.8 Å². The lowest BCUT2D eigenvalue weighted by Crippen LogP contribution is -2.25. The van der Waals surface area contributed by atoms with E-state index in [1.54, 1.807) is 6.20 Å². The summed E-state index contributed by atoms with van der Waals surface area (Å²) < 4.78 is 0. The predicted molar refractivity (Wildman–Crippen MR) is 41.3 cm³/mol. The van der Waals surface area contributed by atoms with Crippen LogP contribution in [0.15, 0.2) is 12.5 Å². The van der Waals surface area contributed by atoms with Gasteiger partial charge < -0.3 is 10.2 Å². The molecule has 2 atom stereocenters. The van der Waals surface area contributed by atoms with E-state index in [0.29, 0.717) is 12.0 Å². The first kappa shape index (κ1) is 7.64. The molecule has 1 heterocycles. The van der Waals surface area contributed by atoms with Gasteiger partial charge in [0.2, 0.25) is 0 Å². The van der Waals surface area contributed by atoms with Crippen molar-refractivity contribution in [3.8, 4) is 0 Å². The van der Waals surface area contributed by atoms with Crippen molar-refractivity contribution in [2.75, 3.05) is 0 Å². The van der Waals surface area contributed by atoms with Gasteiger partial charge in [0, 0.05) is 17.5 Å². The van der Waals surface area contributed by atoms with Crippen LogP contribution in [-0.2, 0) is 6.42 Å². The van der Waals surface area contributed by atoms with E-state index >= 15 is 0 Å². The maximum absolute atomic E-state index is 9.50. The molecule has 64 valence electrons. The quantitative estimate of drug-likeness (QED) is 0.561. The van der Waals surface area contributed by atoms with Crippen LogP contribution in [0.5, 0.6) is 0 Å². The van der Waals surface area contributed by atoms with Crippen LogP contribution in [0, 0.1) is 0 Å². The Hall–Kier alpha value is -1.00. The fourth-order valence-corrected chi connectivity index (χ4v) is 1.47. The summed E-state index contributed by atoms with van der Waals surface area (Å²) in [5.41, 5.74) is 1.51. The minimum absolute atomic E-state index is 0.575. The third kappa shape index (κ3) is 1.09. The number of aryl methyl sites for hydroxylation is 1. The molecule has 2 rings (SSSR count). The summed E-state index contributed by atoms with van der Waals surface area (Å²) in [7, 11) is 0. The molecule has 1 aromatic heterocycles. The van der Waals surface area contributed by atoms with Crippen molar-refractivity contribution in [3.63, 3.8) is 0 Å². The Morgan fingerprint density at radius 2 is 2.25 bits per heavy atom. The van der Waals surface area contributed by atoms with Gasteiger partial charge in [-0.3, -0.25) is 0 Å². The molecule has 0 amide bonds. The zero-order valence-corrected chi connectivity index (χ0v) is 6.51. The lowest BCUT2D eigenvalue weighted by molar-refractivity contribution is 0.00550. The fraction of sp³-hybridized carbons (Fsp3) is 0.500. The van der Waals surface area contributed by atoms with E-state index in [4.69, 9.17) is 0 Å². The second-order valence-corrected chi connectivity index (χ2v) is 2.98. The number of nitrogens with zero attached hydrogens (tertiary/aromatic N) is 2. The third-order valence-electron chi connectivity index (χ3n) is 2.19. The van der Waals surface area contributed by atoms with Crippen LogP contribution in [0.1, 0.15) is 23.8 Å². The first-order valence-corrected chi connectivity index (χ1v) is 3.94. The van der Waals surface area contributed by atoms with Gasteiger partial charge in [0.05, 0.1) is 6.10 Å². The Balaban J connectivity index is 2.42.